The molecule has 4 rings (SSSR count). The average molecular weight is 426 g/mol. The minimum absolute atomic E-state index is 0.101. The number of nitrogens with one attached hydrogen (secondary N) is 1. The number of nitrogens with zero attached hydrogens (tertiary/aromatic N) is 2. The van der Waals surface area contributed by atoms with E-state index in [0.717, 1.165) is 74.7 Å². The van der Waals surface area contributed by atoms with E-state index in [2.05, 4.69) is 34.2 Å². The lowest BCUT2D eigenvalue weighted by molar-refractivity contribution is -0.120. The van der Waals surface area contributed by atoms with Crippen molar-refractivity contribution in [3.63, 3.8) is 0 Å². The third kappa shape index (κ3) is 4.85. The van der Waals surface area contributed by atoms with E-state index in [1.165, 1.54) is 0 Å². The largest absolute Gasteiger partial charge is 0.491 e. The first-order valence-corrected chi connectivity index (χ1v) is 11.3. The van der Waals surface area contributed by atoms with Gasteiger partial charge in [0.1, 0.15) is 19.0 Å². The van der Waals surface area contributed by atoms with E-state index in [-0.39, 0.29) is 12.5 Å². The van der Waals surface area contributed by atoms with Crippen molar-refractivity contribution in [3.8, 4) is 5.75 Å². The Bertz CT molecular complexity index is 898. The molecule has 6 heteroatoms. The number of carbonyl (C=O) groups is 1. The SMILES string of the molecule is CC1(CCCCN2CCN(c3cccc(OCCF)c3)CC2)C(=O)Nc2ccccc21. The van der Waals surface area contributed by atoms with Gasteiger partial charge in [-0.25, -0.2) is 4.39 Å². The predicted octanol–water partition coefficient (Wildman–Crippen LogP) is 4.24. The molecule has 1 saturated heterocycles. The molecule has 2 aliphatic rings. The molecule has 1 atom stereocenters. The van der Waals surface area contributed by atoms with Crippen molar-refractivity contribution in [1.29, 1.82) is 0 Å². The van der Waals surface area contributed by atoms with E-state index < -0.39 is 12.1 Å². The first-order chi connectivity index (χ1) is 15.1. The topological polar surface area (TPSA) is 44.8 Å². The van der Waals surface area contributed by atoms with Gasteiger partial charge >= 0.3 is 0 Å². The van der Waals surface area contributed by atoms with Gasteiger partial charge < -0.3 is 15.0 Å². The number of carbonyl (C=O) groups excluding carboxylic acids is 1. The summed E-state index contributed by atoms with van der Waals surface area (Å²) < 4.78 is 17.7. The number of anilines is 2. The van der Waals surface area contributed by atoms with E-state index >= 15 is 0 Å². The fraction of sp³-hybridized carbons (Fsp3) is 0.480. The monoisotopic (exact) mass is 425 g/mol. The lowest BCUT2D eigenvalue weighted by Gasteiger charge is -2.36. The summed E-state index contributed by atoms with van der Waals surface area (Å²) in [6, 6.07) is 16.0. The highest BCUT2D eigenvalue weighted by atomic mass is 19.1. The lowest BCUT2D eigenvalue weighted by Crippen LogP contribution is -2.46. The number of hydrogen-bond acceptors (Lipinski definition) is 4. The van der Waals surface area contributed by atoms with Crippen molar-refractivity contribution in [2.24, 2.45) is 0 Å². The van der Waals surface area contributed by atoms with Crippen LogP contribution in [0.2, 0.25) is 0 Å². The van der Waals surface area contributed by atoms with Crippen LogP contribution in [0.25, 0.3) is 0 Å². The molecule has 1 unspecified atom stereocenters. The van der Waals surface area contributed by atoms with Gasteiger partial charge in [0.2, 0.25) is 5.91 Å². The second-order valence-corrected chi connectivity index (χ2v) is 8.65. The Hall–Kier alpha value is -2.60. The van der Waals surface area contributed by atoms with Crippen LogP contribution in [0.15, 0.2) is 48.5 Å². The molecule has 1 amide bonds. The highest BCUT2D eigenvalue weighted by Crippen LogP contribution is 2.40. The molecule has 0 spiro atoms. The Morgan fingerprint density at radius 3 is 2.68 bits per heavy atom. The molecule has 2 heterocycles. The number of hydrogen-bond donors (Lipinski definition) is 1. The number of unbranched alkanes of at least 4 members (excludes halogenated alkanes) is 1. The Labute approximate surface area is 184 Å². The minimum atomic E-state index is -0.473. The lowest BCUT2D eigenvalue weighted by atomic mass is 9.79. The second-order valence-electron chi connectivity index (χ2n) is 8.65. The van der Waals surface area contributed by atoms with Gasteiger partial charge in [0, 0.05) is 43.6 Å². The third-order valence-electron chi connectivity index (χ3n) is 6.57. The smallest absolute Gasteiger partial charge is 0.234 e. The number of rotatable bonds is 9. The van der Waals surface area contributed by atoms with Crippen LogP contribution in [0.3, 0.4) is 0 Å². The summed E-state index contributed by atoms with van der Waals surface area (Å²) in [6.07, 6.45) is 3.01. The van der Waals surface area contributed by atoms with Gasteiger partial charge in [0.25, 0.3) is 0 Å². The van der Waals surface area contributed by atoms with Crippen LogP contribution in [0, 0.1) is 0 Å². The molecule has 1 fully saturated rings. The second kappa shape index (κ2) is 9.69. The van der Waals surface area contributed by atoms with Crippen molar-refractivity contribution in [2.75, 3.05) is 56.2 Å². The van der Waals surface area contributed by atoms with Crippen LogP contribution in [0.5, 0.6) is 5.75 Å². The zero-order valence-electron chi connectivity index (χ0n) is 18.3. The Morgan fingerprint density at radius 2 is 1.87 bits per heavy atom. The number of fused-ring (bicyclic) bond motifs is 1. The molecule has 2 aromatic carbocycles. The summed E-state index contributed by atoms with van der Waals surface area (Å²) in [5.41, 5.74) is 2.82. The van der Waals surface area contributed by atoms with Crippen molar-refractivity contribution in [2.45, 2.75) is 31.6 Å². The highest BCUT2D eigenvalue weighted by molar-refractivity contribution is 6.05. The van der Waals surface area contributed by atoms with Crippen LogP contribution in [0.4, 0.5) is 15.8 Å². The minimum Gasteiger partial charge on any atom is -0.491 e. The molecule has 2 aromatic rings. The summed E-state index contributed by atoms with van der Waals surface area (Å²) in [6.45, 7) is 6.75. The zero-order valence-corrected chi connectivity index (χ0v) is 18.3. The molecule has 0 bridgehead atoms. The van der Waals surface area contributed by atoms with E-state index in [9.17, 15) is 9.18 Å². The molecule has 0 aromatic heterocycles. The van der Waals surface area contributed by atoms with Crippen molar-refractivity contribution in [1.82, 2.24) is 4.90 Å². The van der Waals surface area contributed by atoms with E-state index in [1.807, 2.05) is 36.4 Å². The Balaban J connectivity index is 1.21. The van der Waals surface area contributed by atoms with E-state index in [0.29, 0.717) is 0 Å². The van der Waals surface area contributed by atoms with Crippen LogP contribution >= 0.6 is 0 Å². The van der Waals surface area contributed by atoms with Gasteiger partial charge in [-0.2, -0.15) is 0 Å². The summed E-state index contributed by atoms with van der Waals surface area (Å²) in [4.78, 5) is 17.4. The molecule has 31 heavy (non-hydrogen) atoms. The maximum atomic E-state index is 12.5. The number of piperazine rings is 1. The van der Waals surface area contributed by atoms with Crippen molar-refractivity contribution in [3.05, 3.63) is 54.1 Å². The quantitative estimate of drug-likeness (QED) is 0.611. The molecule has 0 radical (unpaired) electrons. The third-order valence-corrected chi connectivity index (χ3v) is 6.57. The van der Waals surface area contributed by atoms with Gasteiger partial charge in [-0.3, -0.25) is 9.69 Å². The standard InChI is InChI=1S/C25H32FN3O2/c1-25(22-9-2-3-10-23(22)27-24(25)30)11-4-5-13-28-14-16-29(17-15-28)20-7-6-8-21(19-20)31-18-12-26/h2-3,6-10,19H,4-5,11-18H2,1H3,(H,27,30). The number of benzene rings is 2. The molecule has 0 aliphatic carbocycles. The van der Waals surface area contributed by atoms with Crippen LogP contribution < -0.4 is 15.0 Å². The first-order valence-electron chi connectivity index (χ1n) is 11.3. The fourth-order valence-electron chi connectivity index (χ4n) is 4.67. The van der Waals surface area contributed by atoms with Gasteiger partial charge in [0.15, 0.2) is 0 Å². The normalized spacial score (nSPS) is 21.1. The van der Waals surface area contributed by atoms with Crippen LogP contribution in [-0.4, -0.2) is 56.8 Å². The molecule has 166 valence electrons. The Morgan fingerprint density at radius 1 is 1.06 bits per heavy atom. The van der Waals surface area contributed by atoms with Crippen molar-refractivity contribution < 1.29 is 13.9 Å². The summed E-state index contributed by atoms with van der Waals surface area (Å²) in [7, 11) is 0. The molecule has 0 saturated carbocycles. The van der Waals surface area contributed by atoms with E-state index in [4.69, 9.17) is 4.74 Å². The van der Waals surface area contributed by atoms with Gasteiger partial charge in [-0.05, 0) is 50.1 Å². The van der Waals surface area contributed by atoms with Crippen LogP contribution in [-0.2, 0) is 10.2 Å². The van der Waals surface area contributed by atoms with Gasteiger partial charge in [0.05, 0.1) is 5.41 Å². The maximum Gasteiger partial charge on any atom is 0.234 e. The van der Waals surface area contributed by atoms with Crippen LogP contribution in [0.1, 0.15) is 31.7 Å². The van der Waals surface area contributed by atoms with E-state index in [1.54, 1.807) is 0 Å². The number of halogens is 1. The molecule has 5 nitrogen and oxygen atoms in total. The predicted molar refractivity (Wildman–Crippen MR) is 123 cm³/mol. The van der Waals surface area contributed by atoms with Gasteiger partial charge in [-0.1, -0.05) is 30.7 Å². The molecule has 1 N–H and O–H groups in total. The molecule has 2 aliphatic heterocycles. The van der Waals surface area contributed by atoms with Gasteiger partial charge in [-0.15, -0.1) is 0 Å². The average Bonchev–Trinajstić information content (AvgIpc) is 3.06. The number of ether oxygens (including phenoxy) is 1. The van der Waals surface area contributed by atoms with Crippen molar-refractivity contribution >= 4 is 17.3 Å². The maximum absolute atomic E-state index is 12.5. The number of amides is 1. The summed E-state index contributed by atoms with van der Waals surface area (Å²) >= 11 is 0. The summed E-state index contributed by atoms with van der Waals surface area (Å²) in [5, 5.41) is 3.03. The highest BCUT2D eigenvalue weighted by Gasteiger charge is 2.41. The molecular formula is C25H32FN3O2. The first kappa shape index (κ1) is 21.6. The Kier molecular flexibility index (Phi) is 6.76. The summed E-state index contributed by atoms with van der Waals surface area (Å²) in [5.74, 6) is 0.851. The number of alkyl halides is 1. The molecular weight excluding hydrogens is 393 g/mol. The number of para-hydroxylation sites is 1. The zero-order chi connectivity index (χ0) is 21.7. The fourth-order valence-corrected chi connectivity index (χ4v) is 4.67.